The van der Waals surface area contributed by atoms with Gasteiger partial charge in [0.25, 0.3) is 0 Å². The lowest BCUT2D eigenvalue weighted by atomic mass is 10.0. The van der Waals surface area contributed by atoms with Gasteiger partial charge in [0.2, 0.25) is 5.91 Å². The SMILES string of the molecule is CN(C)c1ncnc2c1CCN(C(=O)CCCn1cncn1)C2. The topological polar surface area (TPSA) is 80.0 Å². The third kappa shape index (κ3) is 3.46. The molecule has 23 heavy (non-hydrogen) atoms. The molecule has 2 aromatic heterocycles. The van der Waals surface area contributed by atoms with Crippen LogP contribution in [0.3, 0.4) is 0 Å². The number of hydrogen-bond acceptors (Lipinski definition) is 6. The van der Waals surface area contributed by atoms with Crippen molar-refractivity contribution in [2.45, 2.75) is 32.4 Å². The molecule has 0 aromatic carbocycles. The summed E-state index contributed by atoms with van der Waals surface area (Å²) in [5.41, 5.74) is 2.11. The van der Waals surface area contributed by atoms with E-state index in [1.165, 1.54) is 6.33 Å². The molecule has 3 rings (SSSR count). The van der Waals surface area contributed by atoms with Gasteiger partial charge < -0.3 is 9.80 Å². The molecule has 0 saturated carbocycles. The molecule has 0 unspecified atom stereocenters. The highest BCUT2D eigenvalue weighted by Crippen LogP contribution is 2.24. The van der Waals surface area contributed by atoms with Crippen LogP contribution < -0.4 is 4.90 Å². The monoisotopic (exact) mass is 315 g/mol. The first-order chi connectivity index (χ1) is 11.1. The van der Waals surface area contributed by atoms with E-state index in [-0.39, 0.29) is 5.91 Å². The molecular formula is C15H21N7O. The minimum atomic E-state index is 0.167. The molecule has 1 amide bonds. The van der Waals surface area contributed by atoms with Gasteiger partial charge in [-0.25, -0.2) is 15.0 Å². The number of carbonyl (C=O) groups is 1. The van der Waals surface area contributed by atoms with E-state index in [1.54, 1.807) is 17.3 Å². The number of hydrogen-bond donors (Lipinski definition) is 0. The number of fused-ring (bicyclic) bond motifs is 1. The predicted octanol–water partition coefficient (Wildman–Crippen LogP) is 0.499. The van der Waals surface area contributed by atoms with E-state index in [0.29, 0.717) is 19.5 Å². The summed E-state index contributed by atoms with van der Waals surface area (Å²) < 4.78 is 1.75. The Labute approximate surface area is 135 Å². The Morgan fingerprint density at radius 2 is 2.17 bits per heavy atom. The van der Waals surface area contributed by atoms with Crippen molar-refractivity contribution in [2.24, 2.45) is 0 Å². The van der Waals surface area contributed by atoms with Crippen LogP contribution in [0.15, 0.2) is 19.0 Å². The van der Waals surface area contributed by atoms with Crippen molar-refractivity contribution in [3.8, 4) is 0 Å². The summed E-state index contributed by atoms with van der Waals surface area (Å²) >= 11 is 0. The summed E-state index contributed by atoms with van der Waals surface area (Å²) in [6.07, 6.45) is 6.83. The Morgan fingerprint density at radius 3 is 2.91 bits per heavy atom. The highest BCUT2D eigenvalue weighted by atomic mass is 16.2. The summed E-state index contributed by atoms with van der Waals surface area (Å²) in [7, 11) is 3.95. The zero-order chi connectivity index (χ0) is 16.2. The van der Waals surface area contributed by atoms with Crippen molar-refractivity contribution in [1.29, 1.82) is 0 Å². The standard InChI is InChI=1S/C15H21N7O/c1-20(2)15-12-5-7-21(8-13(12)17-10-18-15)14(23)4-3-6-22-11-16-9-19-22/h9-11H,3-8H2,1-2H3. The second-order valence-electron chi connectivity index (χ2n) is 5.84. The van der Waals surface area contributed by atoms with Gasteiger partial charge in [0.05, 0.1) is 12.2 Å². The number of aromatic nitrogens is 5. The van der Waals surface area contributed by atoms with Crippen molar-refractivity contribution >= 4 is 11.7 Å². The molecule has 0 fully saturated rings. The molecule has 0 atom stereocenters. The molecule has 0 radical (unpaired) electrons. The number of carbonyl (C=O) groups excluding carboxylic acids is 1. The lowest BCUT2D eigenvalue weighted by Gasteiger charge is -2.30. The van der Waals surface area contributed by atoms with E-state index in [4.69, 9.17) is 0 Å². The second-order valence-corrected chi connectivity index (χ2v) is 5.84. The maximum Gasteiger partial charge on any atom is 0.222 e. The molecule has 2 aromatic rings. The minimum absolute atomic E-state index is 0.167. The molecule has 1 aliphatic heterocycles. The first-order valence-corrected chi connectivity index (χ1v) is 7.75. The van der Waals surface area contributed by atoms with Crippen molar-refractivity contribution in [2.75, 3.05) is 25.5 Å². The van der Waals surface area contributed by atoms with Crippen molar-refractivity contribution in [3.63, 3.8) is 0 Å². The third-order valence-electron chi connectivity index (χ3n) is 4.00. The summed E-state index contributed by atoms with van der Waals surface area (Å²) in [6, 6.07) is 0. The summed E-state index contributed by atoms with van der Waals surface area (Å²) in [4.78, 5) is 28.9. The highest BCUT2D eigenvalue weighted by molar-refractivity contribution is 5.76. The van der Waals surface area contributed by atoms with E-state index in [2.05, 4.69) is 20.1 Å². The molecule has 8 nitrogen and oxygen atoms in total. The zero-order valence-corrected chi connectivity index (χ0v) is 13.5. The van der Waals surface area contributed by atoms with Gasteiger partial charge in [0.15, 0.2) is 0 Å². The average molecular weight is 315 g/mol. The molecular weight excluding hydrogens is 294 g/mol. The molecule has 0 bridgehead atoms. The summed E-state index contributed by atoms with van der Waals surface area (Å²) in [5.74, 6) is 1.12. The smallest absolute Gasteiger partial charge is 0.222 e. The fourth-order valence-electron chi connectivity index (χ4n) is 2.83. The van der Waals surface area contributed by atoms with E-state index in [1.807, 2.05) is 23.9 Å². The van der Waals surface area contributed by atoms with Gasteiger partial charge in [-0.2, -0.15) is 5.10 Å². The van der Waals surface area contributed by atoms with E-state index < -0.39 is 0 Å². The van der Waals surface area contributed by atoms with Gasteiger partial charge in [0.1, 0.15) is 24.8 Å². The van der Waals surface area contributed by atoms with Crippen LogP contribution in [0.25, 0.3) is 0 Å². The maximum absolute atomic E-state index is 12.4. The van der Waals surface area contributed by atoms with Gasteiger partial charge in [-0.15, -0.1) is 0 Å². The maximum atomic E-state index is 12.4. The zero-order valence-electron chi connectivity index (χ0n) is 13.5. The summed E-state index contributed by atoms with van der Waals surface area (Å²) in [5, 5.41) is 4.04. The molecule has 0 spiro atoms. The fourth-order valence-corrected chi connectivity index (χ4v) is 2.83. The Morgan fingerprint density at radius 1 is 1.30 bits per heavy atom. The number of amides is 1. The van der Waals surface area contributed by atoms with Gasteiger partial charge in [-0.3, -0.25) is 9.48 Å². The molecule has 0 saturated heterocycles. The molecule has 122 valence electrons. The van der Waals surface area contributed by atoms with Gasteiger partial charge in [-0.1, -0.05) is 0 Å². The Balaban J connectivity index is 1.58. The van der Waals surface area contributed by atoms with Crippen LogP contribution in [-0.4, -0.2) is 56.2 Å². The molecule has 3 heterocycles. The number of aryl methyl sites for hydroxylation is 1. The van der Waals surface area contributed by atoms with Crippen molar-refractivity contribution in [1.82, 2.24) is 29.6 Å². The second kappa shape index (κ2) is 6.72. The lowest BCUT2D eigenvalue weighted by Crippen LogP contribution is -2.37. The van der Waals surface area contributed by atoms with E-state index >= 15 is 0 Å². The minimum Gasteiger partial charge on any atom is -0.362 e. The van der Waals surface area contributed by atoms with Crippen LogP contribution in [0.4, 0.5) is 5.82 Å². The first kappa shape index (κ1) is 15.4. The Kier molecular flexibility index (Phi) is 4.50. The molecule has 0 N–H and O–H groups in total. The van der Waals surface area contributed by atoms with Crippen LogP contribution in [0.2, 0.25) is 0 Å². The molecule has 8 heteroatoms. The quantitative estimate of drug-likeness (QED) is 0.799. The fraction of sp³-hybridized carbons (Fsp3) is 0.533. The Bertz CT molecular complexity index is 668. The molecule has 1 aliphatic rings. The van der Waals surface area contributed by atoms with Crippen LogP contribution in [-0.2, 0) is 24.3 Å². The highest BCUT2D eigenvalue weighted by Gasteiger charge is 2.24. The first-order valence-electron chi connectivity index (χ1n) is 7.75. The van der Waals surface area contributed by atoms with E-state index in [0.717, 1.165) is 36.5 Å². The molecule has 0 aliphatic carbocycles. The van der Waals surface area contributed by atoms with Crippen LogP contribution in [0.1, 0.15) is 24.1 Å². The van der Waals surface area contributed by atoms with Gasteiger partial charge in [0, 0.05) is 39.2 Å². The Hall–Kier alpha value is -2.51. The van der Waals surface area contributed by atoms with Crippen LogP contribution >= 0.6 is 0 Å². The van der Waals surface area contributed by atoms with Gasteiger partial charge >= 0.3 is 0 Å². The number of anilines is 1. The van der Waals surface area contributed by atoms with Crippen molar-refractivity contribution in [3.05, 3.63) is 30.2 Å². The van der Waals surface area contributed by atoms with E-state index in [9.17, 15) is 4.79 Å². The van der Waals surface area contributed by atoms with Gasteiger partial charge in [-0.05, 0) is 12.8 Å². The summed E-state index contributed by atoms with van der Waals surface area (Å²) in [6.45, 7) is 2.01. The average Bonchev–Trinajstić information content (AvgIpc) is 3.06. The predicted molar refractivity (Wildman–Crippen MR) is 84.7 cm³/mol. The number of nitrogens with zero attached hydrogens (tertiary/aromatic N) is 7. The normalized spacial score (nSPS) is 13.7. The lowest BCUT2D eigenvalue weighted by molar-refractivity contribution is -0.132. The van der Waals surface area contributed by atoms with Crippen molar-refractivity contribution < 1.29 is 4.79 Å². The van der Waals surface area contributed by atoms with Crippen LogP contribution in [0.5, 0.6) is 0 Å². The number of rotatable bonds is 5. The third-order valence-corrected chi connectivity index (χ3v) is 4.00. The van der Waals surface area contributed by atoms with Crippen LogP contribution in [0, 0.1) is 0 Å². The largest absolute Gasteiger partial charge is 0.362 e.